The predicted octanol–water partition coefficient (Wildman–Crippen LogP) is 2.49. The maximum Gasteiger partial charge on any atom is 0.231 e. The smallest absolute Gasteiger partial charge is 0.222 e. The molecule has 1 N–H and O–H groups in total. The van der Waals surface area contributed by atoms with Gasteiger partial charge in [0.1, 0.15) is 0 Å². The number of isocyanates is 1. The first-order chi connectivity index (χ1) is 4.33. The first-order valence-electron chi connectivity index (χ1n) is 3.37. The highest BCUT2D eigenvalue weighted by Crippen LogP contribution is 1.95. The summed E-state index contributed by atoms with van der Waals surface area (Å²) >= 11 is 0. The number of nitrogens with one attached hydrogen (secondary N) is 1. The Bertz CT molecular complexity index is 61.3. The summed E-state index contributed by atoms with van der Waals surface area (Å²) in [7, 11) is 0. The molecular formula is C7H15NO. The first kappa shape index (κ1) is 11.2. The van der Waals surface area contributed by atoms with Crippen LogP contribution in [0.25, 0.3) is 0 Å². The fourth-order valence-electron chi connectivity index (χ4n) is 0.500. The Kier molecular flexibility index (Phi) is 19.5. The van der Waals surface area contributed by atoms with Crippen LogP contribution in [0.1, 0.15) is 39.5 Å². The minimum absolute atomic E-state index is 0.750. The largest absolute Gasteiger partial charge is 0.231 e. The van der Waals surface area contributed by atoms with Crippen molar-refractivity contribution in [3.05, 3.63) is 0 Å². The van der Waals surface area contributed by atoms with E-state index in [1.54, 1.807) is 0 Å². The monoisotopic (exact) mass is 129 g/mol. The lowest BCUT2D eigenvalue weighted by molar-refractivity contribution is 0.563. The summed E-state index contributed by atoms with van der Waals surface area (Å²) in [6, 6.07) is 0. The van der Waals surface area contributed by atoms with Gasteiger partial charge in [-0.1, -0.05) is 39.5 Å². The van der Waals surface area contributed by atoms with Gasteiger partial charge in [-0.25, -0.2) is 10.2 Å². The molecule has 0 rings (SSSR count). The van der Waals surface area contributed by atoms with E-state index in [1.807, 2.05) is 0 Å². The molecule has 0 spiro atoms. The Hall–Kier alpha value is -0.620. The van der Waals surface area contributed by atoms with Gasteiger partial charge in [0.2, 0.25) is 6.08 Å². The Labute approximate surface area is 56.8 Å². The highest BCUT2D eigenvalue weighted by Gasteiger charge is 1.75. The quantitative estimate of drug-likeness (QED) is 0.355. The lowest BCUT2D eigenvalue weighted by Crippen LogP contribution is -1.66. The summed E-state index contributed by atoms with van der Waals surface area (Å²) in [6.07, 6.45) is 6.29. The molecule has 0 aromatic heterocycles. The first-order valence-corrected chi connectivity index (χ1v) is 3.37. The van der Waals surface area contributed by atoms with Crippen molar-refractivity contribution in [3.63, 3.8) is 0 Å². The third kappa shape index (κ3) is 37.7. The molecule has 0 amide bonds. The van der Waals surface area contributed by atoms with E-state index in [0.717, 1.165) is 6.08 Å². The van der Waals surface area contributed by atoms with E-state index >= 15 is 0 Å². The zero-order chi connectivity index (χ0) is 7.54. The maximum absolute atomic E-state index is 8.35. The van der Waals surface area contributed by atoms with Crippen LogP contribution >= 0.6 is 0 Å². The molecule has 0 aliphatic carbocycles. The number of rotatable bonds is 3. The molecule has 0 heterocycles. The number of carbonyl (C=O) groups excluding carboxylic acids is 1. The Balaban J connectivity index is 0. The van der Waals surface area contributed by atoms with Crippen LogP contribution in [0.2, 0.25) is 0 Å². The van der Waals surface area contributed by atoms with E-state index in [1.165, 1.54) is 25.7 Å². The van der Waals surface area contributed by atoms with Gasteiger partial charge in [-0.3, -0.25) is 0 Å². The van der Waals surface area contributed by atoms with Gasteiger partial charge in [-0.05, 0) is 0 Å². The van der Waals surface area contributed by atoms with Gasteiger partial charge in [0.05, 0.1) is 0 Å². The van der Waals surface area contributed by atoms with Crippen LogP contribution < -0.4 is 0 Å². The van der Waals surface area contributed by atoms with E-state index in [0.29, 0.717) is 0 Å². The van der Waals surface area contributed by atoms with Gasteiger partial charge >= 0.3 is 0 Å². The molecule has 0 fully saturated rings. The molecule has 2 heteroatoms. The minimum atomic E-state index is 0.750. The SMILES string of the molecule is CCCCCC.N=C=O. The molecule has 0 aromatic carbocycles. The molecule has 9 heavy (non-hydrogen) atoms. The van der Waals surface area contributed by atoms with Gasteiger partial charge in [-0.2, -0.15) is 0 Å². The van der Waals surface area contributed by atoms with E-state index < -0.39 is 0 Å². The van der Waals surface area contributed by atoms with Crippen LogP contribution in [-0.2, 0) is 4.79 Å². The number of unbranched alkanes of at least 4 members (excludes halogenated alkanes) is 3. The molecule has 0 aliphatic heterocycles. The summed E-state index contributed by atoms with van der Waals surface area (Å²) in [5, 5.41) is 5.40. The molecule has 0 saturated carbocycles. The van der Waals surface area contributed by atoms with Crippen LogP contribution in [-0.4, -0.2) is 6.08 Å². The predicted molar refractivity (Wildman–Crippen MR) is 38.2 cm³/mol. The molecule has 0 unspecified atom stereocenters. The summed E-state index contributed by atoms with van der Waals surface area (Å²) in [4.78, 5) is 8.35. The maximum atomic E-state index is 8.35. The highest BCUT2D eigenvalue weighted by atomic mass is 16.1. The number of hydrogen-bond acceptors (Lipinski definition) is 2. The Morgan fingerprint density at radius 1 is 1.22 bits per heavy atom. The normalized spacial score (nSPS) is 6.89. The van der Waals surface area contributed by atoms with Crippen molar-refractivity contribution in [2.75, 3.05) is 0 Å². The molecule has 0 aliphatic rings. The van der Waals surface area contributed by atoms with Crippen molar-refractivity contribution in [1.29, 1.82) is 5.41 Å². The van der Waals surface area contributed by atoms with Gasteiger partial charge in [0.15, 0.2) is 0 Å². The zero-order valence-electron chi connectivity index (χ0n) is 6.24. The van der Waals surface area contributed by atoms with E-state index in [9.17, 15) is 0 Å². The van der Waals surface area contributed by atoms with Crippen LogP contribution in [0, 0.1) is 5.41 Å². The van der Waals surface area contributed by atoms with Crippen molar-refractivity contribution in [2.24, 2.45) is 0 Å². The Morgan fingerprint density at radius 3 is 1.56 bits per heavy atom. The van der Waals surface area contributed by atoms with Crippen LogP contribution in [0.15, 0.2) is 0 Å². The molecule has 0 radical (unpaired) electrons. The van der Waals surface area contributed by atoms with E-state index in [4.69, 9.17) is 10.2 Å². The van der Waals surface area contributed by atoms with E-state index in [-0.39, 0.29) is 0 Å². The number of hydrogen-bond donors (Lipinski definition) is 1. The topological polar surface area (TPSA) is 40.9 Å². The van der Waals surface area contributed by atoms with Gasteiger partial charge in [0.25, 0.3) is 0 Å². The summed E-state index contributed by atoms with van der Waals surface area (Å²) in [5.41, 5.74) is 0. The second-order valence-corrected chi connectivity index (χ2v) is 1.81. The highest BCUT2D eigenvalue weighted by molar-refractivity contribution is 5.26. The van der Waals surface area contributed by atoms with Crippen molar-refractivity contribution in [1.82, 2.24) is 0 Å². The second kappa shape index (κ2) is 15.7. The third-order valence-corrected chi connectivity index (χ3v) is 0.957. The van der Waals surface area contributed by atoms with Gasteiger partial charge < -0.3 is 0 Å². The van der Waals surface area contributed by atoms with Crippen LogP contribution in [0.5, 0.6) is 0 Å². The average Bonchev–Trinajstić information content (AvgIpc) is 1.86. The average molecular weight is 129 g/mol. The molecule has 0 aromatic rings. The molecular weight excluding hydrogens is 114 g/mol. The molecule has 0 atom stereocenters. The van der Waals surface area contributed by atoms with Crippen molar-refractivity contribution < 1.29 is 4.79 Å². The molecule has 0 saturated heterocycles. The van der Waals surface area contributed by atoms with E-state index in [2.05, 4.69) is 13.8 Å². The van der Waals surface area contributed by atoms with Gasteiger partial charge in [0, 0.05) is 0 Å². The van der Waals surface area contributed by atoms with Crippen LogP contribution in [0.4, 0.5) is 0 Å². The van der Waals surface area contributed by atoms with Crippen molar-refractivity contribution in [2.45, 2.75) is 39.5 Å². The molecule has 0 bridgehead atoms. The zero-order valence-corrected chi connectivity index (χ0v) is 6.24. The fraction of sp³-hybridized carbons (Fsp3) is 0.857. The lowest BCUT2D eigenvalue weighted by atomic mass is 10.2. The van der Waals surface area contributed by atoms with Gasteiger partial charge in [-0.15, -0.1) is 0 Å². The summed E-state index contributed by atoms with van der Waals surface area (Å²) in [6.45, 7) is 4.46. The second-order valence-electron chi connectivity index (χ2n) is 1.81. The summed E-state index contributed by atoms with van der Waals surface area (Å²) in [5.74, 6) is 0. The fourth-order valence-corrected chi connectivity index (χ4v) is 0.500. The van der Waals surface area contributed by atoms with Crippen molar-refractivity contribution in [3.8, 4) is 0 Å². The molecule has 2 nitrogen and oxygen atoms in total. The molecule has 54 valence electrons. The van der Waals surface area contributed by atoms with Crippen LogP contribution in [0.3, 0.4) is 0 Å². The van der Waals surface area contributed by atoms with Crippen molar-refractivity contribution >= 4 is 6.08 Å². The Morgan fingerprint density at radius 2 is 1.44 bits per heavy atom. The lowest BCUT2D eigenvalue weighted by Gasteiger charge is -1.86. The third-order valence-electron chi connectivity index (χ3n) is 0.957. The summed E-state index contributed by atoms with van der Waals surface area (Å²) < 4.78 is 0. The minimum Gasteiger partial charge on any atom is -0.222 e. The standard InChI is InChI=1S/C6H14.CHNO/c1-3-5-6-4-2;2-1-3/h3-6H2,1-2H3;2H.